The second-order valence-electron chi connectivity index (χ2n) is 4.52. The quantitative estimate of drug-likeness (QED) is 0.456. The number of pyridine rings is 1. The van der Waals surface area contributed by atoms with Crippen molar-refractivity contribution >= 4 is 21.7 Å². The first kappa shape index (κ1) is 10.3. The van der Waals surface area contributed by atoms with Gasteiger partial charge in [0.2, 0.25) is 0 Å². The van der Waals surface area contributed by atoms with E-state index in [0.717, 1.165) is 27.6 Å². The van der Waals surface area contributed by atoms with E-state index in [9.17, 15) is 0 Å². The van der Waals surface area contributed by atoms with Crippen LogP contribution < -0.4 is 0 Å². The van der Waals surface area contributed by atoms with Gasteiger partial charge in [-0.25, -0.2) is 0 Å². The van der Waals surface area contributed by atoms with Gasteiger partial charge in [0.15, 0.2) is 0 Å². The Morgan fingerprint density at radius 1 is 0.789 bits per heavy atom. The number of nitrogens with zero attached hydrogens (tertiary/aromatic N) is 1. The molecule has 0 aliphatic carbocycles. The van der Waals surface area contributed by atoms with Crippen molar-refractivity contribution in [2.75, 3.05) is 0 Å². The van der Waals surface area contributed by atoms with Crippen LogP contribution in [0.3, 0.4) is 0 Å². The second-order valence-corrected chi connectivity index (χ2v) is 4.52. The van der Waals surface area contributed by atoms with E-state index >= 15 is 0 Å². The van der Waals surface area contributed by atoms with Crippen molar-refractivity contribution in [3.63, 3.8) is 0 Å². The molecule has 0 saturated carbocycles. The van der Waals surface area contributed by atoms with E-state index in [0.29, 0.717) is 0 Å². The summed E-state index contributed by atoms with van der Waals surface area (Å²) in [6.07, 6.45) is 3.54. The predicted molar refractivity (Wildman–Crippen MR) is 77.0 cm³/mol. The smallest absolute Gasteiger partial charge is 0.134 e. The molecule has 0 spiro atoms. The Morgan fingerprint density at radius 2 is 1.68 bits per heavy atom. The van der Waals surface area contributed by atoms with Crippen LogP contribution in [0.1, 0.15) is 0 Å². The van der Waals surface area contributed by atoms with Crippen LogP contribution in [0.5, 0.6) is 0 Å². The van der Waals surface area contributed by atoms with Crippen LogP contribution in [0.15, 0.2) is 71.5 Å². The SMILES string of the molecule is c1coc(-c2cccc3ccc4cccnc4c23)c1. The van der Waals surface area contributed by atoms with E-state index in [-0.39, 0.29) is 0 Å². The van der Waals surface area contributed by atoms with Gasteiger partial charge < -0.3 is 4.42 Å². The molecular weight excluding hydrogens is 234 g/mol. The zero-order valence-electron chi connectivity index (χ0n) is 10.2. The Kier molecular flexibility index (Phi) is 2.15. The highest BCUT2D eigenvalue weighted by Gasteiger charge is 2.09. The minimum absolute atomic E-state index is 0.878. The van der Waals surface area contributed by atoms with E-state index in [1.807, 2.05) is 24.4 Å². The Balaban J connectivity index is 2.22. The maximum Gasteiger partial charge on any atom is 0.134 e. The molecule has 0 saturated heterocycles. The Labute approximate surface area is 110 Å². The van der Waals surface area contributed by atoms with Gasteiger partial charge in [-0.2, -0.15) is 0 Å². The number of furan rings is 1. The highest BCUT2D eigenvalue weighted by atomic mass is 16.3. The van der Waals surface area contributed by atoms with Crippen LogP contribution in [-0.4, -0.2) is 4.98 Å². The van der Waals surface area contributed by atoms with Gasteiger partial charge in [0, 0.05) is 22.5 Å². The fourth-order valence-electron chi connectivity index (χ4n) is 2.55. The highest BCUT2D eigenvalue weighted by molar-refractivity contribution is 6.11. The molecule has 2 nitrogen and oxygen atoms in total. The van der Waals surface area contributed by atoms with Gasteiger partial charge in [0.05, 0.1) is 11.8 Å². The average molecular weight is 245 g/mol. The van der Waals surface area contributed by atoms with E-state index < -0.39 is 0 Å². The van der Waals surface area contributed by atoms with E-state index in [1.165, 1.54) is 5.39 Å². The lowest BCUT2D eigenvalue weighted by molar-refractivity contribution is 0.583. The number of rotatable bonds is 1. The van der Waals surface area contributed by atoms with E-state index in [1.54, 1.807) is 6.26 Å². The molecular formula is C17H11NO. The summed E-state index contributed by atoms with van der Waals surface area (Å²) in [5.41, 5.74) is 2.11. The Bertz CT molecular complexity index is 863. The van der Waals surface area contributed by atoms with Gasteiger partial charge in [0.1, 0.15) is 5.76 Å². The summed E-state index contributed by atoms with van der Waals surface area (Å²) in [5.74, 6) is 0.878. The molecule has 2 aromatic carbocycles. The molecule has 4 rings (SSSR count). The lowest BCUT2D eigenvalue weighted by Gasteiger charge is -2.07. The summed E-state index contributed by atoms with van der Waals surface area (Å²) in [7, 11) is 0. The number of fused-ring (bicyclic) bond motifs is 3. The van der Waals surface area contributed by atoms with Crippen molar-refractivity contribution in [1.29, 1.82) is 0 Å². The van der Waals surface area contributed by atoms with Gasteiger partial charge in [0.25, 0.3) is 0 Å². The summed E-state index contributed by atoms with van der Waals surface area (Å²) in [5, 5.41) is 3.48. The summed E-state index contributed by atoms with van der Waals surface area (Å²) >= 11 is 0. The topological polar surface area (TPSA) is 26.0 Å². The van der Waals surface area contributed by atoms with Crippen molar-refractivity contribution in [2.24, 2.45) is 0 Å². The first-order valence-electron chi connectivity index (χ1n) is 6.24. The first-order chi connectivity index (χ1) is 9.43. The zero-order chi connectivity index (χ0) is 12.7. The van der Waals surface area contributed by atoms with Crippen LogP contribution in [0.4, 0.5) is 0 Å². The highest BCUT2D eigenvalue weighted by Crippen LogP contribution is 2.33. The normalized spacial score (nSPS) is 11.2. The van der Waals surface area contributed by atoms with E-state index in [2.05, 4.69) is 41.4 Å². The molecule has 2 aromatic heterocycles. The number of hydrogen-bond donors (Lipinski definition) is 0. The maximum absolute atomic E-state index is 5.55. The summed E-state index contributed by atoms with van der Waals surface area (Å²) in [4.78, 5) is 4.54. The lowest BCUT2D eigenvalue weighted by atomic mass is 9.99. The fourth-order valence-corrected chi connectivity index (χ4v) is 2.55. The van der Waals surface area contributed by atoms with Crippen LogP contribution in [0.25, 0.3) is 33.0 Å². The molecule has 0 bridgehead atoms. The molecule has 4 aromatic rings. The first-order valence-corrected chi connectivity index (χ1v) is 6.24. The Morgan fingerprint density at radius 3 is 2.58 bits per heavy atom. The Hall–Kier alpha value is -2.61. The minimum Gasteiger partial charge on any atom is -0.464 e. The molecule has 2 heterocycles. The molecule has 90 valence electrons. The van der Waals surface area contributed by atoms with Gasteiger partial charge in [-0.1, -0.05) is 36.4 Å². The van der Waals surface area contributed by atoms with Gasteiger partial charge in [-0.15, -0.1) is 0 Å². The van der Waals surface area contributed by atoms with Crippen LogP contribution in [0, 0.1) is 0 Å². The minimum atomic E-state index is 0.878. The van der Waals surface area contributed by atoms with Gasteiger partial charge in [-0.3, -0.25) is 4.98 Å². The molecule has 19 heavy (non-hydrogen) atoms. The van der Waals surface area contributed by atoms with Crippen LogP contribution >= 0.6 is 0 Å². The molecule has 0 radical (unpaired) electrons. The molecule has 0 atom stereocenters. The predicted octanol–water partition coefficient (Wildman–Crippen LogP) is 4.65. The average Bonchev–Trinajstić information content (AvgIpc) is 3.00. The third-order valence-electron chi connectivity index (χ3n) is 3.40. The fraction of sp³-hybridized carbons (Fsp3) is 0. The van der Waals surface area contributed by atoms with Crippen LogP contribution in [0.2, 0.25) is 0 Å². The number of hydrogen-bond acceptors (Lipinski definition) is 2. The van der Waals surface area contributed by atoms with Crippen molar-refractivity contribution in [1.82, 2.24) is 4.98 Å². The van der Waals surface area contributed by atoms with Gasteiger partial charge >= 0.3 is 0 Å². The number of aromatic nitrogens is 1. The number of benzene rings is 2. The molecule has 0 aliphatic heterocycles. The monoisotopic (exact) mass is 245 g/mol. The zero-order valence-corrected chi connectivity index (χ0v) is 10.2. The standard InChI is InChI=1S/C17H11NO/c1-4-12-8-9-13-5-2-10-18-17(13)16(12)14(6-1)15-7-3-11-19-15/h1-11H. The maximum atomic E-state index is 5.55. The molecule has 0 fully saturated rings. The molecule has 0 unspecified atom stereocenters. The summed E-state index contributed by atoms with van der Waals surface area (Å²) < 4.78 is 5.55. The van der Waals surface area contributed by atoms with Crippen molar-refractivity contribution < 1.29 is 4.42 Å². The van der Waals surface area contributed by atoms with Gasteiger partial charge in [-0.05, 0) is 23.6 Å². The third-order valence-corrected chi connectivity index (χ3v) is 3.40. The van der Waals surface area contributed by atoms with E-state index in [4.69, 9.17) is 4.42 Å². The lowest BCUT2D eigenvalue weighted by Crippen LogP contribution is -1.84. The van der Waals surface area contributed by atoms with Crippen molar-refractivity contribution in [3.8, 4) is 11.3 Å². The third kappa shape index (κ3) is 1.54. The van der Waals surface area contributed by atoms with Crippen molar-refractivity contribution in [3.05, 3.63) is 67.1 Å². The van der Waals surface area contributed by atoms with Crippen molar-refractivity contribution in [2.45, 2.75) is 0 Å². The summed E-state index contributed by atoms with van der Waals surface area (Å²) in [6, 6.07) is 18.4. The molecule has 2 heteroatoms. The summed E-state index contributed by atoms with van der Waals surface area (Å²) in [6.45, 7) is 0. The second kappa shape index (κ2) is 3.95. The molecule has 0 aliphatic rings. The molecule has 0 N–H and O–H groups in total. The molecule has 0 amide bonds. The van der Waals surface area contributed by atoms with Crippen LogP contribution in [-0.2, 0) is 0 Å². The largest absolute Gasteiger partial charge is 0.464 e.